The van der Waals surface area contributed by atoms with Gasteiger partial charge in [0.1, 0.15) is 16.5 Å². The van der Waals surface area contributed by atoms with E-state index in [0.29, 0.717) is 11.7 Å². The first-order valence-electron chi connectivity index (χ1n) is 6.30. The predicted octanol–water partition coefficient (Wildman–Crippen LogP) is 1.01. The van der Waals surface area contributed by atoms with E-state index in [1.165, 1.54) is 19.4 Å². The Morgan fingerprint density at radius 1 is 1.56 bits per heavy atom. The quantitative estimate of drug-likeness (QED) is 0.775. The maximum atomic E-state index is 5.48. The van der Waals surface area contributed by atoms with Gasteiger partial charge in [-0.15, -0.1) is 0 Å². The molecule has 1 aromatic rings. The van der Waals surface area contributed by atoms with Gasteiger partial charge < -0.3 is 11.1 Å². The SMILES string of the molecule is CCN1CCCC1CNc1cnc(C(N)=S)cn1. The molecule has 1 atom stereocenters. The number of nitrogens with two attached hydrogens (primary N) is 1. The number of rotatable bonds is 5. The standard InChI is InChI=1S/C12H19N5S/c1-2-17-5-3-4-9(17)6-15-11-8-14-10(7-16-11)12(13)18/h7-9H,2-6H2,1H3,(H2,13,18)(H,15,16). The third-order valence-electron chi connectivity index (χ3n) is 3.33. The second-order valence-corrected chi connectivity index (χ2v) is 4.90. The summed E-state index contributed by atoms with van der Waals surface area (Å²) >= 11 is 4.84. The molecule has 98 valence electrons. The van der Waals surface area contributed by atoms with Crippen LogP contribution in [0.25, 0.3) is 0 Å². The molecular formula is C12H19N5S. The zero-order valence-electron chi connectivity index (χ0n) is 10.6. The maximum absolute atomic E-state index is 5.48. The second kappa shape index (κ2) is 6.06. The van der Waals surface area contributed by atoms with E-state index in [0.717, 1.165) is 18.9 Å². The van der Waals surface area contributed by atoms with Crippen molar-refractivity contribution in [1.29, 1.82) is 0 Å². The molecule has 1 aliphatic heterocycles. The highest BCUT2D eigenvalue weighted by Gasteiger charge is 2.22. The van der Waals surface area contributed by atoms with E-state index in [-0.39, 0.29) is 4.99 Å². The smallest absolute Gasteiger partial charge is 0.144 e. The molecule has 0 aromatic carbocycles. The molecule has 1 saturated heterocycles. The van der Waals surface area contributed by atoms with Crippen molar-refractivity contribution in [3.8, 4) is 0 Å². The summed E-state index contributed by atoms with van der Waals surface area (Å²) in [5.74, 6) is 0.776. The van der Waals surface area contributed by atoms with Crippen LogP contribution in [0.1, 0.15) is 25.5 Å². The molecule has 0 amide bonds. The normalized spacial score (nSPS) is 19.9. The summed E-state index contributed by atoms with van der Waals surface area (Å²) in [6.45, 7) is 5.43. The van der Waals surface area contributed by atoms with Crippen molar-refractivity contribution in [3.63, 3.8) is 0 Å². The summed E-state index contributed by atoms with van der Waals surface area (Å²) in [5, 5.41) is 3.32. The van der Waals surface area contributed by atoms with Gasteiger partial charge in [-0.25, -0.2) is 9.97 Å². The number of likely N-dealkylation sites (N-methyl/N-ethyl adjacent to an activating group) is 1. The number of nitrogens with zero attached hydrogens (tertiary/aromatic N) is 3. The first-order valence-corrected chi connectivity index (χ1v) is 6.71. The monoisotopic (exact) mass is 265 g/mol. The maximum Gasteiger partial charge on any atom is 0.144 e. The molecule has 0 radical (unpaired) electrons. The van der Waals surface area contributed by atoms with E-state index in [4.69, 9.17) is 18.0 Å². The average molecular weight is 265 g/mol. The fraction of sp³-hybridized carbons (Fsp3) is 0.583. The van der Waals surface area contributed by atoms with Crippen LogP contribution in [0.5, 0.6) is 0 Å². The van der Waals surface area contributed by atoms with Crippen LogP contribution in [0.4, 0.5) is 5.82 Å². The molecule has 2 rings (SSSR count). The Kier molecular flexibility index (Phi) is 4.43. The minimum atomic E-state index is 0.280. The van der Waals surface area contributed by atoms with E-state index in [1.807, 2.05) is 0 Å². The Morgan fingerprint density at radius 2 is 2.39 bits per heavy atom. The van der Waals surface area contributed by atoms with Gasteiger partial charge in [0.05, 0.1) is 12.4 Å². The first kappa shape index (κ1) is 13.2. The molecule has 1 fully saturated rings. The molecule has 2 heterocycles. The number of aromatic nitrogens is 2. The van der Waals surface area contributed by atoms with E-state index in [9.17, 15) is 0 Å². The van der Waals surface area contributed by atoms with Crippen LogP contribution < -0.4 is 11.1 Å². The average Bonchev–Trinajstić information content (AvgIpc) is 2.84. The van der Waals surface area contributed by atoms with Gasteiger partial charge in [-0.1, -0.05) is 19.1 Å². The molecule has 0 bridgehead atoms. The van der Waals surface area contributed by atoms with E-state index in [1.54, 1.807) is 12.4 Å². The molecule has 0 saturated carbocycles. The lowest BCUT2D eigenvalue weighted by Crippen LogP contribution is -2.34. The summed E-state index contributed by atoms with van der Waals surface area (Å²) in [7, 11) is 0. The Bertz CT molecular complexity index is 405. The van der Waals surface area contributed by atoms with Gasteiger partial charge in [-0.2, -0.15) is 0 Å². The van der Waals surface area contributed by atoms with Crippen molar-refractivity contribution in [3.05, 3.63) is 18.1 Å². The van der Waals surface area contributed by atoms with Crippen LogP contribution in [0.2, 0.25) is 0 Å². The minimum Gasteiger partial charge on any atom is -0.388 e. The lowest BCUT2D eigenvalue weighted by Gasteiger charge is -2.22. The van der Waals surface area contributed by atoms with Crippen molar-refractivity contribution in [2.24, 2.45) is 5.73 Å². The first-order chi connectivity index (χ1) is 8.70. The van der Waals surface area contributed by atoms with Gasteiger partial charge in [-0.3, -0.25) is 4.90 Å². The van der Waals surface area contributed by atoms with Crippen LogP contribution in [-0.4, -0.2) is 45.5 Å². The van der Waals surface area contributed by atoms with Gasteiger partial charge in [0.25, 0.3) is 0 Å². The minimum absolute atomic E-state index is 0.280. The topological polar surface area (TPSA) is 67.1 Å². The van der Waals surface area contributed by atoms with Crippen LogP contribution in [0.3, 0.4) is 0 Å². The third kappa shape index (κ3) is 3.14. The van der Waals surface area contributed by atoms with Crippen LogP contribution in [0, 0.1) is 0 Å². The molecular weight excluding hydrogens is 246 g/mol. The Hall–Kier alpha value is -1.27. The van der Waals surface area contributed by atoms with Crippen LogP contribution >= 0.6 is 12.2 Å². The summed E-state index contributed by atoms with van der Waals surface area (Å²) < 4.78 is 0. The summed E-state index contributed by atoms with van der Waals surface area (Å²) in [5.41, 5.74) is 6.04. The zero-order valence-corrected chi connectivity index (χ0v) is 11.4. The molecule has 1 aliphatic rings. The highest BCUT2D eigenvalue weighted by molar-refractivity contribution is 7.80. The van der Waals surface area contributed by atoms with Crippen molar-refractivity contribution in [2.75, 3.05) is 25.0 Å². The van der Waals surface area contributed by atoms with Crippen LogP contribution in [0.15, 0.2) is 12.4 Å². The summed E-state index contributed by atoms with van der Waals surface area (Å²) in [6.07, 6.45) is 5.82. The molecule has 18 heavy (non-hydrogen) atoms. The Balaban J connectivity index is 1.88. The number of anilines is 1. The largest absolute Gasteiger partial charge is 0.388 e. The fourth-order valence-electron chi connectivity index (χ4n) is 2.31. The molecule has 1 unspecified atom stereocenters. The van der Waals surface area contributed by atoms with Gasteiger partial charge in [0.15, 0.2) is 0 Å². The fourth-order valence-corrected chi connectivity index (χ4v) is 2.42. The zero-order chi connectivity index (χ0) is 13.0. The predicted molar refractivity (Wildman–Crippen MR) is 76.7 cm³/mol. The third-order valence-corrected chi connectivity index (χ3v) is 3.54. The molecule has 5 nitrogen and oxygen atoms in total. The lowest BCUT2D eigenvalue weighted by molar-refractivity contribution is 0.277. The van der Waals surface area contributed by atoms with Gasteiger partial charge in [0.2, 0.25) is 0 Å². The van der Waals surface area contributed by atoms with E-state index in [2.05, 4.69) is 27.1 Å². The number of hydrogen-bond acceptors (Lipinski definition) is 5. The number of hydrogen-bond donors (Lipinski definition) is 2. The number of thiocarbonyl (C=S) groups is 1. The Morgan fingerprint density at radius 3 is 3.00 bits per heavy atom. The molecule has 0 spiro atoms. The van der Waals surface area contributed by atoms with Crippen molar-refractivity contribution in [2.45, 2.75) is 25.8 Å². The molecule has 6 heteroatoms. The van der Waals surface area contributed by atoms with E-state index < -0.39 is 0 Å². The van der Waals surface area contributed by atoms with Crippen LogP contribution in [-0.2, 0) is 0 Å². The highest BCUT2D eigenvalue weighted by Crippen LogP contribution is 2.16. The second-order valence-electron chi connectivity index (χ2n) is 4.46. The van der Waals surface area contributed by atoms with Gasteiger partial charge in [-0.05, 0) is 25.9 Å². The van der Waals surface area contributed by atoms with Crippen molar-refractivity contribution in [1.82, 2.24) is 14.9 Å². The number of likely N-dealkylation sites (tertiary alicyclic amines) is 1. The van der Waals surface area contributed by atoms with Gasteiger partial charge in [0, 0.05) is 12.6 Å². The summed E-state index contributed by atoms with van der Waals surface area (Å²) in [6, 6.07) is 0.604. The molecule has 0 aliphatic carbocycles. The lowest BCUT2D eigenvalue weighted by atomic mass is 10.2. The van der Waals surface area contributed by atoms with Crippen molar-refractivity contribution < 1.29 is 0 Å². The van der Waals surface area contributed by atoms with Crippen molar-refractivity contribution >= 4 is 23.0 Å². The Labute approximate surface area is 113 Å². The van der Waals surface area contributed by atoms with E-state index >= 15 is 0 Å². The molecule has 1 aromatic heterocycles. The summed E-state index contributed by atoms with van der Waals surface area (Å²) in [4.78, 5) is 11.2. The highest BCUT2D eigenvalue weighted by atomic mass is 32.1. The van der Waals surface area contributed by atoms with Gasteiger partial charge >= 0.3 is 0 Å². The number of nitrogens with one attached hydrogen (secondary N) is 1. The molecule has 3 N–H and O–H groups in total.